The largest absolute Gasteiger partial charge is 0.377 e. The maximum Gasteiger partial charge on any atom is 0.138 e. The summed E-state index contributed by atoms with van der Waals surface area (Å²) in [5, 5.41) is 4.29. The number of piperidine rings is 1. The molecule has 1 aromatic carbocycles. The van der Waals surface area contributed by atoms with Crippen LogP contribution in [-0.2, 0) is 9.47 Å². The zero-order chi connectivity index (χ0) is 17.1. The number of anilines is 1. The third kappa shape index (κ3) is 3.32. The van der Waals surface area contributed by atoms with E-state index in [0.29, 0.717) is 0 Å². The van der Waals surface area contributed by atoms with E-state index < -0.39 is 0 Å². The molecule has 6 nitrogen and oxygen atoms in total. The molecule has 1 fully saturated rings. The van der Waals surface area contributed by atoms with Crippen molar-refractivity contribution in [3.05, 3.63) is 30.6 Å². The van der Waals surface area contributed by atoms with Crippen molar-refractivity contribution in [3.63, 3.8) is 0 Å². The van der Waals surface area contributed by atoms with Crippen molar-refractivity contribution in [1.29, 1.82) is 0 Å². The number of hydrogen-bond acceptors (Lipinski definition) is 6. The van der Waals surface area contributed by atoms with Gasteiger partial charge in [0.15, 0.2) is 0 Å². The van der Waals surface area contributed by atoms with Crippen LogP contribution < -0.4 is 5.32 Å². The predicted molar refractivity (Wildman–Crippen MR) is 95.1 cm³/mol. The number of likely N-dealkylation sites (N-methyl/N-ethyl adjacent to an activating group) is 1. The lowest BCUT2D eigenvalue weighted by atomic mass is 9.92. The molecule has 1 aliphatic rings. The molecule has 1 aromatic heterocycles. The van der Waals surface area contributed by atoms with E-state index >= 15 is 0 Å². The average Bonchev–Trinajstić information content (AvgIpc) is 2.61. The Morgan fingerprint density at radius 3 is 2.79 bits per heavy atom. The van der Waals surface area contributed by atoms with Crippen LogP contribution in [0.1, 0.15) is 6.42 Å². The maximum atomic E-state index is 6.71. The highest BCUT2D eigenvalue weighted by Gasteiger charge is 2.40. The lowest BCUT2D eigenvalue weighted by Crippen LogP contribution is -2.55. The van der Waals surface area contributed by atoms with Gasteiger partial charge in [-0.15, -0.1) is 0 Å². The summed E-state index contributed by atoms with van der Waals surface area (Å²) >= 11 is 6.71. The molecule has 0 spiro atoms. The van der Waals surface area contributed by atoms with Crippen molar-refractivity contribution >= 4 is 28.3 Å². The van der Waals surface area contributed by atoms with Crippen LogP contribution in [0.2, 0.25) is 0 Å². The van der Waals surface area contributed by atoms with E-state index in [1.54, 1.807) is 20.5 Å². The molecule has 2 heterocycles. The van der Waals surface area contributed by atoms with Crippen LogP contribution in [0.15, 0.2) is 30.6 Å². The topological polar surface area (TPSA) is 59.5 Å². The zero-order valence-corrected chi connectivity index (χ0v) is 14.9. The normalized spacial score (nSPS) is 26.4. The van der Waals surface area contributed by atoms with Crippen LogP contribution >= 0.6 is 11.6 Å². The number of para-hydroxylation sites is 1. The van der Waals surface area contributed by atoms with Crippen molar-refractivity contribution < 1.29 is 9.47 Å². The SMILES string of the molecule is COC1C(C(Cl)Nc2ncnc3ccccc23)CCN(C)C1OC. The first-order valence-electron chi connectivity index (χ1n) is 8.02. The average molecular weight is 351 g/mol. The Kier molecular flexibility index (Phi) is 5.50. The van der Waals surface area contributed by atoms with Gasteiger partial charge in [-0.05, 0) is 25.6 Å². The first-order valence-corrected chi connectivity index (χ1v) is 8.45. The van der Waals surface area contributed by atoms with Gasteiger partial charge < -0.3 is 14.8 Å². The van der Waals surface area contributed by atoms with Crippen LogP contribution in [-0.4, -0.2) is 60.5 Å². The number of rotatable bonds is 5. The second-order valence-electron chi connectivity index (χ2n) is 6.05. The minimum atomic E-state index is -0.320. The van der Waals surface area contributed by atoms with Gasteiger partial charge in [-0.25, -0.2) is 9.97 Å². The number of hydrogen-bond donors (Lipinski definition) is 1. The van der Waals surface area contributed by atoms with Crippen molar-refractivity contribution in [2.75, 3.05) is 33.1 Å². The molecule has 0 saturated carbocycles. The number of ether oxygens (including phenoxy) is 2. The van der Waals surface area contributed by atoms with Gasteiger partial charge in [-0.1, -0.05) is 23.7 Å². The molecular weight excluding hydrogens is 328 g/mol. The predicted octanol–water partition coefficient (Wildman–Crippen LogP) is 2.55. The Labute approximate surface area is 147 Å². The summed E-state index contributed by atoms with van der Waals surface area (Å²) in [5.74, 6) is 0.842. The molecule has 3 rings (SSSR count). The molecule has 1 N–H and O–H groups in total. The first-order chi connectivity index (χ1) is 11.7. The summed E-state index contributed by atoms with van der Waals surface area (Å²) in [5.41, 5.74) is 0.569. The van der Waals surface area contributed by atoms with E-state index in [4.69, 9.17) is 21.1 Å². The van der Waals surface area contributed by atoms with Crippen LogP contribution in [0.4, 0.5) is 5.82 Å². The Bertz CT molecular complexity index is 681. The molecule has 4 atom stereocenters. The fourth-order valence-corrected chi connectivity index (χ4v) is 3.75. The summed E-state index contributed by atoms with van der Waals surface area (Å²) in [7, 11) is 5.43. The van der Waals surface area contributed by atoms with Crippen molar-refractivity contribution in [3.8, 4) is 0 Å². The molecule has 1 saturated heterocycles. The minimum absolute atomic E-state index is 0.103. The number of nitrogens with one attached hydrogen (secondary N) is 1. The molecule has 0 amide bonds. The summed E-state index contributed by atoms with van der Waals surface area (Å²) < 4.78 is 11.3. The van der Waals surface area contributed by atoms with Crippen molar-refractivity contribution in [1.82, 2.24) is 14.9 Å². The Balaban J connectivity index is 1.81. The van der Waals surface area contributed by atoms with E-state index in [9.17, 15) is 0 Å². The number of aromatic nitrogens is 2. The second kappa shape index (κ2) is 7.61. The van der Waals surface area contributed by atoms with Gasteiger partial charge in [0.05, 0.1) is 5.52 Å². The van der Waals surface area contributed by atoms with E-state index in [1.165, 1.54) is 0 Å². The van der Waals surface area contributed by atoms with E-state index in [2.05, 4.69) is 20.2 Å². The highest BCUT2D eigenvalue weighted by atomic mass is 35.5. The zero-order valence-electron chi connectivity index (χ0n) is 14.1. The molecule has 7 heteroatoms. The van der Waals surface area contributed by atoms with Gasteiger partial charge in [0.2, 0.25) is 0 Å². The fraction of sp³-hybridized carbons (Fsp3) is 0.529. The standard InChI is InChI=1S/C17H23ClN4O2/c1-22-9-8-12(14(23-2)17(22)24-3)15(18)21-16-11-6-4-5-7-13(11)19-10-20-16/h4-7,10,12,14-15,17H,8-9H2,1-3H3,(H,19,20,21). The molecule has 0 bridgehead atoms. The quantitative estimate of drug-likeness (QED) is 0.660. The molecule has 0 aliphatic carbocycles. The molecule has 24 heavy (non-hydrogen) atoms. The Morgan fingerprint density at radius 1 is 1.25 bits per heavy atom. The number of halogens is 1. The van der Waals surface area contributed by atoms with E-state index in [0.717, 1.165) is 29.7 Å². The highest BCUT2D eigenvalue weighted by Crippen LogP contribution is 2.31. The van der Waals surface area contributed by atoms with Crippen LogP contribution in [0, 0.1) is 5.92 Å². The summed E-state index contributed by atoms with van der Waals surface area (Å²) in [6.45, 7) is 0.901. The number of fused-ring (bicyclic) bond motifs is 1. The van der Waals surface area contributed by atoms with Gasteiger partial charge in [0, 0.05) is 32.1 Å². The van der Waals surface area contributed by atoms with Crippen molar-refractivity contribution in [2.24, 2.45) is 5.92 Å². The minimum Gasteiger partial charge on any atom is -0.377 e. The van der Waals surface area contributed by atoms with Gasteiger partial charge in [-0.2, -0.15) is 0 Å². The Hall–Kier alpha value is -1.47. The Morgan fingerprint density at radius 2 is 2.04 bits per heavy atom. The van der Waals surface area contributed by atoms with Gasteiger partial charge in [-0.3, -0.25) is 4.90 Å². The number of nitrogens with zero attached hydrogens (tertiary/aromatic N) is 3. The van der Waals surface area contributed by atoms with Crippen LogP contribution in [0.3, 0.4) is 0 Å². The highest BCUT2D eigenvalue weighted by molar-refractivity contribution is 6.22. The molecule has 130 valence electrons. The molecule has 4 unspecified atom stereocenters. The number of likely N-dealkylation sites (tertiary alicyclic amines) is 1. The second-order valence-corrected chi connectivity index (χ2v) is 6.52. The maximum absolute atomic E-state index is 6.71. The van der Waals surface area contributed by atoms with Gasteiger partial charge >= 0.3 is 0 Å². The van der Waals surface area contributed by atoms with Gasteiger partial charge in [0.1, 0.15) is 30.0 Å². The van der Waals surface area contributed by atoms with Crippen LogP contribution in [0.5, 0.6) is 0 Å². The summed E-state index contributed by atoms with van der Waals surface area (Å²) in [6, 6.07) is 7.87. The molecule has 0 radical (unpaired) electrons. The summed E-state index contributed by atoms with van der Waals surface area (Å²) in [6.07, 6.45) is 2.24. The van der Waals surface area contributed by atoms with Crippen molar-refractivity contribution in [2.45, 2.75) is 24.3 Å². The molecule has 1 aliphatic heterocycles. The fourth-order valence-electron chi connectivity index (χ4n) is 3.38. The third-order valence-electron chi connectivity index (χ3n) is 4.66. The molecule has 2 aromatic rings. The van der Waals surface area contributed by atoms with Gasteiger partial charge in [0.25, 0.3) is 0 Å². The number of benzene rings is 1. The number of methoxy groups -OCH3 is 2. The third-order valence-corrected chi connectivity index (χ3v) is 5.09. The van der Waals surface area contributed by atoms with Crippen LogP contribution in [0.25, 0.3) is 10.9 Å². The lowest BCUT2D eigenvalue weighted by Gasteiger charge is -2.43. The summed E-state index contributed by atoms with van der Waals surface area (Å²) in [4.78, 5) is 10.8. The lowest BCUT2D eigenvalue weighted by molar-refractivity contribution is -0.153. The monoisotopic (exact) mass is 350 g/mol. The smallest absolute Gasteiger partial charge is 0.138 e. The molecular formula is C17H23ClN4O2. The van der Waals surface area contributed by atoms with E-state index in [1.807, 2.05) is 31.3 Å². The van der Waals surface area contributed by atoms with E-state index in [-0.39, 0.29) is 23.8 Å². The first kappa shape index (κ1) is 17.4. The number of alkyl halides is 1.